The number of anilines is 1. The average Bonchev–Trinajstić information content (AvgIpc) is 2.44. The third-order valence-electron chi connectivity index (χ3n) is 2.83. The molecular formula is C14H19N3O3. The van der Waals surface area contributed by atoms with Crippen LogP contribution in [0.25, 0.3) is 6.08 Å². The summed E-state index contributed by atoms with van der Waals surface area (Å²) in [5.74, 6) is -0.611. The zero-order valence-corrected chi connectivity index (χ0v) is 11.8. The molecule has 108 valence electrons. The van der Waals surface area contributed by atoms with Gasteiger partial charge in [0.05, 0.1) is 5.92 Å². The molecule has 1 amide bonds. The minimum Gasteiger partial charge on any atom is -0.478 e. The Hall–Kier alpha value is -2.37. The molecule has 0 aliphatic rings. The van der Waals surface area contributed by atoms with E-state index in [0.717, 1.165) is 6.08 Å². The summed E-state index contributed by atoms with van der Waals surface area (Å²) in [5.41, 5.74) is 0.696. The van der Waals surface area contributed by atoms with E-state index in [1.54, 1.807) is 25.4 Å². The number of amides is 1. The largest absolute Gasteiger partial charge is 0.478 e. The predicted molar refractivity (Wildman–Crippen MR) is 77.4 cm³/mol. The van der Waals surface area contributed by atoms with Crippen molar-refractivity contribution in [1.29, 1.82) is 0 Å². The Labute approximate surface area is 118 Å². The number of carbonyl (C=O) groups is 2. The summed E-state index contributed by atoms with van der Waals surface area (Å²) in [7, 11) is 3.42. The van der Waals surface area contributed by atoms with Crippen molar-refractivity contribution < 1.29 is 14.7 Å². The number of nitrogens with one attached hydrogen (secondary N) is 1. The van der Waals surface area contributed by atoms with E-state index in [-0.39, 0.29) is 11.8 Å². The third-order valence-corrected chi connectivity index (χ3v) is 2.83. The maximum atomic E-state index is 11.5. The van der Waals surface area contributed by atoms with Gasteiger partial charge < -0.3 is 15.3 Å². The lowest BCUT2D eigenvalue weighted by molar-refractivity contribution is -0.131. The first-order chi connectivity index (χ1) is 9.45. The summed E-state index contributed by atoms with van der Waals surface area (Å²) in [5, 5.41) is 11.3. The van der Waals surface area contributed by atoms with E-state index in [2.05, 4.69) is 10.3 Å². The highest BCUT2D eigenvalue weighted by Crippen LogP contribution is 2.18. The monoisotopic (exact) mass is 277 g/mol. The summed E-state index contributed by atoms with van der Waals surface area (Å²) in [4.78, 5) is 28.2. The van der Waals surface area contributed by atoms with Crippen molar-refractivity contribution in [2.45, 2.75) is 6.92 Å². The third kappa shape index (κ3) is 4.38. The molecule has 1 rings (SSSR count). The highest BCUT2D eigenvalue weighted by molar-refractivity contribution is 5.86. The van der Waals surface area contributed by atoms with Crippen LogP contribution in [0.5, 0.6) is 0 Å². The predicted octanol–water partition coefficient (Wildman–Crippen LogP) is 0.998. The summed E-state index contributed by atoms with van der Waals surface area (Å²) >= 11 is 0. The summed E-state index contributed by atoms with van der Waals surface area (Å²) in [6.07, 6.45) is 4.19. The van der Waals surface area contributed by atoms with E-state index >= 15 is 0 Å². The van der Waals surface area contributed by atoms with E-state index in [1.807, 2.05) is 18.9 Å². The lowest BCUT2D eigenvalue weighted by atomic mass is 10.1. The van der Waals surface area contributed by atoms with E-state index in [9.17, 15) is 9.59 Å². The number of pyridine rings is 1. The van der Waals surface area contributed by atoms with Crippen molar-refractivity contribution in [2.24, 2.45) is 5.92 Å². The van der Waals surface area contributed by atoms with E-state index < -0.39 is 5.97 Å². The van der Waals surface area contributed by atoms with Crippen LogP contribution in [0.3, 0.4) is 0 Å². The maximum absolute atomic E-state index is 11.5. The molecule has 1 aromatic rings. The van der Waals surface area contributed by atoms with E-state index in [1.165, 1.54) is 6.08 Å². The second-order valence-electron chi connectivity index (χ2n) is 4.48. The maximum Gasteiger partial charge on any atom is 0.328 e. The van der Waals surface area contributed by atoms with Crippen molar-refractivity contribution in [3.8, 4) is 0 Å². The molecule has 1 unspecified atom stereocenters. The van der Waals surface area contributed by atoms with Crippen LogP contribution >= 0.6 is 0 Å². The zero-order valence-electron chi connectivity index (χ0n) is 11.8. The molecule has 0 spiro atoms. The lowest BCUT2D eigenvalue weighted by Crippen LogP contribution is -2.34. The second-order valence-corrected chi connectivity index (χ2v) is 4.48. The Balaban J connectivity index is 2.90. The molecule has 0 saturated heterocycles. The molecule has 0 fully saturated rings. The standard InChI is InChI=1S/C14H19N3O3/c1-10(14(20)15-2)9-17(3)13-11(5-4-8-16-13)6-7-12(18)19/h4-8,10H,9H2,1-3H3,(H,15,20)(H,18,19)/b7-6+. The summed E-state index contributed by atoms with van der Waals surface area (Å²) in [6, 6.07) is 3.52. The van der Waals surface area contributed by atoms with Crippen molar-refractivity contribution in [3.63, 3.8) is 0 Å². The Morgan fingerprint density at radius 3 is 2.85 bits per heavy atom. The molecule has 6 heteroatoms. The number of carboxylic acid groups (broad SMARTS) is 1. The molecule has 1 atom stereocenters. The van der Waals surface area contributed by atoms with Crippen LogP contribution in [-0.2, 0) is 9.59 Å². The number of aliphatic carboxylic acids is 1. The number of carboxylic acids is 1. The van der Waals surface area contributed by atoms with Crippen LogP contribution in [0, 0.1) is 5.92 Å². The van der Waals surface area contributed by atoms with Gasteiger partial charge in [0.2, 0.25) is 5.91 Å². The topological polar surface area (TPSA) is 82.5 Å². The number of rotatable bonds is 6. The molecule has 0 aromatic carbocycles. The first kappa shape index (κ1) is 15.7. The Morgan fingerprint density at radius 2 is 2.25 bits per heavy atom. The minimum absolute atomic E-state index is 0.0459. The Kier molecular flexibility index (Phi) is 5.71. The fourth-order valence-corrected chi connectivity index (χ4v) is 1.85. The first-order valence-corrected chi connectivity index (χ1v) is 6.24. The van der Waals surface area contributed by atoms with Crippen molar-refractivity contribution in [2.75, 3.05) is 25.5 Å². The molecule has 2 N–H and O–H groups in total. The number of hydrogen-bond donors (Lipinski definition) is 2. The highest BCUT2D eigenvalue weighted by atomic mass is 16.4. The van der Waals surface area contributed by atoms with Crippen LogP contribution in [0.15, 0.2) is 24.4 Å². The van der Waals surface area contributed by atoms with Gasteiger partial charge in [0.1, 0.15) is 5.82 Å². The zero-order chi connectivity index (χ0) is 15.1. The number of hydrogen-bond acceptors (Lipinski definition) is 4. The fourth-order valence-electron chi connectivity index (χ4n) is 1.85. The number of aromatic nitrogens is 1. The van der Waals surface area contributed by atoms with Gasteiger partial charge >= 0.3 is 5.97 Å². The minimum atomic E-state index is -1.01. The molecule has 1 aromatic heterocycles. The van der Waals surface area contributed by atoms with Gasteiger partial charge in [-0.25, -0.2) is 9.78 Å². The van der Waals surface area contributed by atoms with Crippen molar-refractivity contribution in [1.82, 2.24) is 10.3 Å². The molecule has 0 saturated carbocycles. The fraction of sp³-hybridized carbons (Fsp3) is 0.357. The van der Waals surface area contributed by atoms with Crippen LogP contribution in [0.1, 0.15) is 12.5 Å². The normalized spacial score (nSPS) is 12.2. The molecule has 0 bridgehead atoms. The van der Waals surface area contributed by atoms with Crippen LogP contribution in [-0.4, -0.2) is 42.6 Å². The van der Waals surface area contributed by atoms with Gasteiger partial charge in [0.15, 0.2) is 0 Å². The quantitative estimate of drug-likeness (QED) is 0.758. The van der Waals surface area contributed by atoms with Gasteiger partial charge in [-0.05, 0) is 18.2 Å². The van der Waals surface area contributed by atoms with E-state index in [0.29, 0.717) is 17.9 Å². The molecular weight excluding hydrogens is 258 g/mol. The molecule has 6 nitrogen and oxygen atoms in total. The first-order valence-electron chi connectivity index (χ1n) is 6.24. The highest BCUT2D eigenvalue weighted by Gasteiger charge is 2.15. The second kappa shape index (κ2) is 7.28. The van der Waals surface area contributed by atoms with Crippen LogP contribution in [0.4, 0.5) is 5.82 Å². The van der Waals surface area contributed by atoms with Crippen molar-refractivity contribution >= 4 is 23.8 Å². The lowest BCUT2D eigenvalue weighted by Gasteiger charge is -2.23. The summed E-state index contributed by atoms with van der Waals surface area (Å²) in [6.45, 7) is 2.32. The average molecular weight is 277 g/mol. The molecule has 20 heavy (non-hydrogen) atoms. The van der Waals surface area contributed by atoms with Gasteiger partial charge in [-0.2, -0.15) is 0 Å². The summed E-state index contributed by atoms with van der Waals surface area (Å²) < 4.78 is 0. The smallest absolute Gasteiger partial charge is 0.328 e. The number of carbonyl (C=O) groups excluding carboxylic acids is 1. The van der Waals surface area contributed by atoms with Gasteiger partial charge in [-0.3, -0.25) is 4.79 Å². The van der Waals surface area contributed by atoms with Gasteiger partial charge in [-0.15, -0.1) is 0 Å². The SMILES string of the molecule is CNC(=O)C(C)CN(C)c1ncccc1/C=C/C(=O)O. The molecule has 0 radical (unpaired) electrons. The van der Waals surface area contributed by atoms with Crippen molar-refractivity contribution in [3.05, 3.63) is 30.0 Å². The molecule has 1 heterocycles. The molecule has 0 aliphatic carbocycles. The number of nitrogens with zero attached hydrogens (tertiary/aromatic N) is 2. The van der Waals surface area contributed by atoms with Gasteiger partial charge in [-0.1, -0.05) is 6.92 Å². The Bertz CT molecular complexity index is 514. The van der Waals surface area contributed by atoms with Crippen LogP contribution < -0.4 is 10.2 Å². The van der Waals surface area contributed by atoms with Crippen LogP contribution in [0.2, 0.25) is 0 Å². The van der Waals surface area contributed by atoms with Gasteiger partial charge in [0, 0.05) is 38.5 Å². The molecule has 0 aliphatic heterocycles. The van der Waals surface area contributed by atoms with E-state index in [4.69, 9.17) is 5.11 Å². The Morgan fingerprint density at radius 1 is 1.55 bits per heavy atom. The van der Waals surface area contributed by atoms with Gasteiger partial charge in [0.25, 0.3) is 0 Å².